The average molecular weight is 318 g/mol. The van der Waals surface area contributed by atoms with Crippen LogP contribution in [0.15, 0.2) is 18.2 Å². The summed E-state index contributed by atoms with van der Waals surface area (Å²) in [6.45, 7) is 6.67. The first-order chi connectivity index (χ1) is 11.0. The zero-order valence-electron chi connectivity index (χ0n) is 14.0. The third-order valence-electron chi connectivity index (χ3n) is 4.24. The Kier molecular flexibility index (Phi) is 5.98. The topological polar surface area (TPSA) is 90.0 Å². The summed E-state index contributed by atoms with van der Waals surface area (Å²) in [7, 11) is 0. The summed E-state index contributed by atoms with van der Waals surface area (Å²) in [4.78, 5) is 19.5. The lowest BCUT2D eigenvalue weighted by Gasteiger charge is -2.20. The van der Waals surface area contributed by atoms with E-state index in [1.54, 1.807) is 0 Å². The van der Waals surface area contributed by atoms with E-state index in [1.807, 2.05) is 39.0 Å². The van der Waals surface area contributed by atoms with Gasteiger partial charge < -0.3 is 20.7 Å². The van der Waals surface area contributed by atoms with Gasteiger partial charge in [0.05, 0.1) is 23.7 Å². The molecule has 2 amide bonds. The minimum atomic E-state index is -0.510. The Bertz CT molecular complexity index is 649. The minimum absolute atomic E-state index is 0.216. The number of aliphatic hydroxyl groups is 1. The fourth-order valence-electron chi connectivity index (χ4n) is 2.73. The van der Waals surface area contributed by atoms with Gasteiger partial charge in [0.1, 0.15) is 5.82 Å². The Hall–Kier alpha value is -2.08. The fraction of sp³-hybridized carbons (Fsp3) is 0.529. The third kappa shape index (κ3) is 4.45. The molecule has 0 fully saturated rings. The van der Waals surface area contributed by atoms with Crippen LogP contribution in [0.1, 0.15) is 38.1 Å². The number of rotatable bonds is 7. The van der Waals surface area contributed by atoms with Gasteiger partial charge in [-0.3, -0.25) is 0 Å². The van der Waals surface area contributed by atoms with E-state index in [-0.39, 0.29) is 18.5 Å². The van der Waals surface area contributed by atoms with Crippen molar-refractivity contribution in [2.24, 2.45) is 5.92 Å². The maximum Gasteiger partial charge on any atom is 0.315 e. The van der Waals surface area contributed by atoms with Crippen LogP contribution in [0.2, 0.25) is 0 Å². The number of aromatic amines is 1. The molecule has 1 unspecified atom stereocenters. The number of aliphatic hydroxyl groups excluding tert-OH is 1. The summed E-state index contributed by atoms with van der Waals surface area (Å²) >= 11 is 0. The zero-order chi connectivity index (χ0) is 16.8. The molecule has 2 aromatic rings. The monoisotopic (exact) mass is 318 g/mol. The van der Waals surface area contributed by atoms with Gasteiger partial charge in [0.25, 0.3) is 0 Å². The fourth-order valence-corrected chi connectivity index (χ4v) is 2.73. The predicted molar refractivity (Wildman–Crippen MR) is 91.1 cm³/mol. The second-order valence-corrected chi connectivity index (χ2v) is 5.86. The summed E-state index contributed by atoms with van der Waals surface area (Å²) in [5.74, 6) is 0.929. The highest BCUT2D eigenvalue weighted by Crippen LogP contribution is 2.15. The summed E-state index contributed by atoms with van der Waals surface area (Å²) in [5.41, 5.74) is 2.99. The first-order valence-corrected chi connectivity index (χ1v) is 8.19. The average Bonchev–Trinajstić information content (AvgIpc) is 2.96. The number of nitrogens with zero attached hydrogens (tertiary/aromatic N) is 1. The SMILES string of the molecule is CCC(CC)C(O)CNC(=O)NCc1nc2c(C)cccc2[nH]1. The van der Waals surface area contributed by atoms with Crippen LogP contribution in [0.4, 0.5) is 4.79 Å². The Morgan fingerprint density at radius 1 is 1.30 bits per heavy atom. The van der Waals surface area contributed by atoms with E-state index in [0.717, 1.165) is 29.4 Å². The van der Waals surface area contributed by atoms with Crippen molar-refractivity contribution in [2.75, 3.05) is 6.54 Å². The molecular formula is C17H26N4O2. The van der Waals surface area contributed by atoms with E-state index < -0.39 is 6.10 Å². The number of urea groups is 1. The molecule has 2 rings (SSSR count). The standard InChI is InChI=1S/C17H26N4O2/c1-4-12(5-2)14(22)9-18-17(23)19-10-15-20-13-8-6-7-11(3)16(13)21-15/h6-8,12,14,22H,4-5,9-10H2,1-3H3,(H,20,21)(H2,18,19,23). The van der Waals surface area contributed by atoms with Crippen LogP contribution in [0.5, 0.6) is 0 Å². The van der Waals surface area contributed by atoms with Crippen molar-refractivity contribution in [3.8, 4) is 0 Å². The smallest absolute Gasteiger partial charge is 0.315 e. The molecule has 6 nitrogen and oxygen atoms in total. The van der Waals surface area contributed by atoms with Crippen LogP contribution in [0.25, 0.3) is 11.0 Å². The number of imidazole rings is 1. The van der Waals surface area contributed by atoms with E-state index in [4.69, 9.17) is 0 Å². The van der Waals surface area contributed by atoms with Gasteiger partial charge in [-0.15, -0.1) is 0 Å². The minimum Gasteiger partial charge on any atom is -0.391 e. The van der Waals surface area contributed by atoms with Crippen molar-refractivity contribution < 1.29 is 9.90 Å². The number of fused-ring (bicyclic) bond motifs is 1. The van der Waals surface area contributed by atoms with Gasteiger partial charge in [-0.05, 0) is 24.5 Å². The van der Waals surface area contributed by atoms with Crippen LogP contribution in [-0.2, 0) is 6.54 Å². The number of aryl methyl sites for hydroxylation is 1. The highest BCUT2D eigenvalue weighted by Gasteiger charge is 2.16. The number of carbonyl (C=O) groups excluding carboxylic acids is 1. The second kappa shape index (κ2) is 7.97. The summed E-state index contributed by atoms with van der Waals surface area (Å²) in [5, 5.41) is 15.5. The molecule has 23 heavy (non-hydrogen) atoms. The first-order valence-electron chi connectivity index (χ1n) is 8.19. The molecule has 0 saturated heterocycles. The lowest BCUT2D eigenvalue weighted by Crippen LogP contribution is -2.41. The molecule has 0 saturated carbocycles. The van der Waals surface area contributed by atoms with Crippen molar-refractivity contribution in [2.45, 2.75) is 46.3 Å². The van der Waals surface area contributed by atoms with Crippen LogP contribution in [0, 0.1) is 12.8 Å². The van der Waals surface area contributed by atoms with E-state index in [1.165, 1.54) is 0 Å². The molecule has 0 aliphatic heterocycles. The summed E-state index contributed by atoms with van der Waals surface area (Å²) < 4.78 is 0. The zero-order valence-corrected chi connectivity index (χ0v) is 14.0. The van der Waals surface area contributed by atoms with Gasteiger partial charge in [-0.25, -0.2) is 9.78 Å². The van der Waals surface area contributed by atoms with Gasteiger partial charge in [-0.1, -0.05) is 38.8 Å². The number of hydrogen-bond donors (Lipinski definition) is 4. The van der Waals surface area contributed by atoms with E-state index >= 15 is 0 Å². The van der Waals surface area contributed by atoms with Crippen LogP contribution >= 0.6 is 0 Å². The van der Waals surface area contributed by atoms with E-state index in [2.05, 4.69) is 20.6 Å². The number of benzene rings is 1. The number of amides is 2. The molecule has 0 aliphatic rings. The predicted octanol–water partition coefficient (Wildman–Crippen LogP) is 2.47. The van der Waals surface area contributed by atoms with E-state index in [9.17, 15) is 9.90 Å². The van der Waals surface area contributed by atoms with Crippen molar-refractivity contribution in [1.29, 1.82) is 0 Å². The molecule has 1 aromatic heterocycles. The van der Waals surface area contributed by atoms with Crippen LogP contribution < -0.4 is 10.6 Å². The molecule has 4 N–H and O–H groups in total. The molecule has 0 bridgehead atoms. The second-order valence-electron chi connectivity index (χ2n) is 5.86. The first kappa shape index (κ1) is 17.3. The Morgan fingerprint density at radius 2 is 2.04 bits per heavy atom. The maximum atomic E-state index is 11.8. The normalized spacial score (nSPS) is 12.6. The van der Waals surface area contributed by atoms with Crippen LogP contribution in [0.3, 0.4) is 0 Å². The highest BCUT2D eigenvalue weighted by atomic mass is 16.3. The quantitative estimate of drug-likeness (QED) is 0.632. The highest BCUT2D eigenvalue weighted by molar-refractivity contribution is 5.78. The Morgan fingerprint density at radius 3 is 2.70 bits per heavy atom. The number of nitrogens with one attached hydrogen (secondary N) is 3. The maximum absolute atomic E-state index is 11.8. The molecule has 1 aromatic carbocycles. The third-order valence-corrected chi connectivity index (χ3v) is 4.24. The molecule has 0 spiro atoms. The van der Waals surface area contributed by atoms with Crippen molar-refractivity contribution >= 4 is 17.1 Å². The molecular weight excluding hydrogens is 292 g/mol. The number of hydrogen-bond acceptors (Lipinski definition) is 3. The molecule has 6 heteroatoms. The molecule has 0 aliphatic carbocycles. The summed E-state index contributed by atoms with van der Waals surface area (Å²) in [6, 6.07) is 5.64. The van der Waals surface area contributed by atoms with Gasteiger partial charge in [0, 0.05) is 6.54 Å². The molecule has 126 valence electrons. The van der Waals surface area contributed by atoms with Crippen molar-refractivity contribution in [3.05, 3.63) is 29.6 Å². The number of H-pyrrole nitrogens is 1. The molecule has 0 radical (unpaired) electrons. The van der Waals surface area contributed by atoms with E-state index in [0.29, 0.717) is 12.4 Å². The van der Waals surface area contributed by atoms with Crippen molar-refractivity contribution in [1.82, 2.24) is 20.6 Å². The Balaban J connectivity index is 1.83. The van der Waals surface area contributed by atoms with Gasteiger partial charge in [0.2, 0.25) is 0 Å². The van der Waals surface area contributed by atoms with Crippen molar-refractivity contribution in [3.63, 3.8) is 0 Å². The lowest BCUT2D eigenvalue weighted by molar-refractivity contribution is 0.103. The number of para-hydroxylation sites is 1. The Labute approximate surface area is 136 Å². The van der Waals surface area contributed by atoms with Gasteiger partial charge >= 0.3 is 6.03 Å². The molecule has 1 atom stereocenters. The number of carbonyl (C=O) groups is 1. The lowest BCUT2D eigenvalue weighted by atomic mass is 9.97. The number of aromatic nitrogens is 2. The van der Waals surface area contributed by atoms with Gasteiger partial charge in [0.15, 0.2) is 0 Å². The van der Waals surface area contributed by atoms with Gasteiger partial charge in [-0.2, -0.15) is 0 Å². The largest absolute Gasteiger partial charge is 0.391 e. The van der Waals surface area contributed by atoms with Crippen LogP contribution in [-0.4, -0.2) is 33.8 Å². The molecule has 1 heterocycles. The summed E-state index contributed by atoms with van der Waals surface area (Å²) in [6.07, 6.45) is 1.29.